The van der Waals surface area contributed by atoms with Crippen molar-refractivity contribution in [1.82, 2.24) is 20.8 Å². The molecule has 1 unspecified atom stereocenters. The SMILES string of the molecule is Cc1nnc(SC(C)C(=O)NC(=O)NC(C)(C)C)s1. The smallest absolute Gasteiger partial charge is 0.321 e. The molecule has 0 fully saturated rings. The van der Waals surface area contributed by atoms with E-state index in [0.717, 1.165) is 9.35 Å². The summed E-state index contributed by atoms with van der Waals surface area (Å²) in [5.74, 6) is -0.348. The van der Waals surface area contributed by atoms with Crippen LogP contribution in [0.2, 0.25) is 0 Å². The van der Waals surface area contributed by atoms with Crippen LogP contribution in [0.4, 0.5) is 4.79 Å². The maximum absolute atomic E-state index is 11.8. The average Bonchev–Trinajstić information content (AvgIpc) is 2.60. The highest BCUT2D eigenvalue weighted by Crippen LogP contribution is 2.26. The highest BCUT2D eigenvalue weighted by molar-refractivity contribution is 8.02. The van der Waals surface area contributed by atoms with Crippen molar-refractivity contribution in [2.24, 2.45) is 0 Å². The number of amides is 3. The van der Waals surface area contributed by atoms with Crippen LogP contribution in [0.1, 0.15) is 32.7 Å². The van der Waals surface area contributed by atoms with Crippen molar-refractivity contribution in [2.75, 3.05) is 0 Å². The Hall–Kier alpha value is -1.15. The van der Waals surface area contributed by atoms with E-state index in [1.54, 1.807) is 6.92 Å². The van der Waals surface area contributed by atoms with Gasteiger partial charge in [0.2, 0.25) is 5.91 Å². The van der Waals surface area contributed by atoms with Crippen molar-refractivity contribution in [3.8, 4) is 0 Å². The summed E-state index contributed by atoms with van der Waals surface area (Å²) in [4.78, 5) is 23.4. The zero-order chi connectivity index (χ0) is 14.6. The van der Waals surface area contributed by atoms with E-state index in [9.17, 15) is 9.59 Å². The van der Waals surface area contributed by atoms with Gasteiger partial charge >= 0.3 is 6.03 Å². The van der Waals surface area contributed by atoms with E-state index >= 15 is 0 Å². The quantitative estimate of drug-likeness (QED) is 0.834. The third kappa shape index (κ3) is 6.02. The molecule has 8 heteroatoms. The van der Waals surface area contributed by atoms with Gasteiger partial charge in [0, 0.05) is 5.54 Å². The van der Waals surface area contributed by atoms with Gasteiger partial charge in [0.25, 0.3) is 0 Å². The zero-order valence-corrected chi connectivity index (χ0v) is 13.2. The summed E-state index contributed by atoms with van der Waals surface area (Å²) in [6, 6.07) is -0.488. The Morgan fingerprint density at radius 1 is 1.32 bits per heavy atom. The molecule has 6 nitrogen and oxygen atoms in total. The Balaban J connectivity index is 2.47. The molecule has 0 saturated carbocycles. The maximum atomic E-state index is 11.8. The fraction of sp³-hybridized carbons (Fsp3) is 0.636. The second-order valence-electron chi connectivity index (χ2n) is 5.04. The van der Waals surface area contributed by atoms with Gasteiger partial charge in [-0.1, -0.05) is 23.1 Å². The summed E-state index contributed by atoms with van der Waals surface area (Å²) in [5, 5.41) is 13.2. The fourth-order valence-corrected chi connectivity index (χ4v) is 3.08. The predicted octanol–water partition coefficient (Wildman–Crippen LogP) is 1.95. The fourth-order valence-electron chi connectivity index (χ4n) is 1.12. The first-order valence-corrected chi connectivity index (χ1v) is 7.47. The molecule has 0 aromatic carbocycles. The van der Waals surface area contributed by atoms with E-state index in [-0.39, 0.29) is 11.4 Å². The van der Waals surface area contributed by atoms with Crippen molar-refractivity contribution in [1.29, 1.82) is 0 Å². The normalized spacial score (nSPS) is 12.9. The molecule has 1 heterocycles. The molecule has 0 spiro atoms. The van der Waals surface area contributed by atoms with Crippen LogP contribution in [-0.4, -0.2) is 32.9 Å². The van der Waals surface area contributed by atoms with E-state index < -0.39 is 11.3 Å². The molecule has 0 aliphatic rings. The molecule has 0 aliphatic heterocycles. The summed E-state index contributed by atoms with van der Waals surface area (Å²) in [6.45, 7) is 9.11. The molecule has 1 aromatic rings. The molecule has 3 amide bonds. The molecule has 1 aromatic heterocycles. The first kappa shape index (κ1) is 15.9. The minimum Gasteiger partial charge on any atom is -0.333 e. The van der Waals surface area contributed by atoms with Gasteiger partial charge in [-0.2, -0.15) is 0 Å². The number of hydrogen-bond acceptors (Lipinski definition) is 6. The van der Waals surface area contributed by atoms with Gasteiger partial charge in [-0.3, -0.25) is 10.1 Å². The van der Waals surface area contributed by atoms with Crippen LogP contribution < -0.4 is 10.6 Å². The summed E-state index contributed by atoms with van der Waals surface area (Å²) in [5.41, 5.74) is -0.378. The van der Waals surface area contributed by atoms with Crippen molar-refractivity contribution < 1.29 is 9.59 Å². The Kier molecular flexibility index (Phi) is 5.30. The highest BCUT2D eigenvalue weighted by atomic mass is 32.2. The summed E-state index contributed by atoms with van der Waals surface area (Å²) >= 11 is 2.71. The molecule has 1 atom stereocenters. The van der Waals surface area contributed by atoms with Crippen molar-refractivity contribution in [3.63, 3.8) is 0 Å². The molecule has 0 saturated heterocycles. The number of urea groups is 1. The Labute approximate surface area is 120 Å². The van der Waals surface area contributed by atoms with E-state index in [1.807, 2.05) is 27.7 Å². The number of aromatic nitrogens is 2. The number of nitrogens with zero attached hydrogens (tertiary/aromatic N) is 2. The minimum atomic E-state index is -0.488. The number of carbonyl (C=O) groups is 2. The Bertz CT molecular complexity index is 468. The highest BCUT2D eigenvalue weighted by Gasteiger charge is 2.21. The van der Waals surface area contributed by atoms with Crippen molar-refractivity contribution in [3.05, 3.63) is 5.01 Å². The van der Waals surface area contributed by atoms with Gasteiger partial charge in [-0.15, -0.1) is 10.2 Å². The largest absolute Gasteiger partial charge is 0.333 e. The number of hydrogen-bond donors (Lipinski definition) is 2. The van der Waals surface area contributed by atoms with Gasteiger partial charge in [0.1, 0.15) is 5.01 Å². The third-order valence-electron chi connectivity index (χ3n) is 1.88. The molecule has 2 N–H and O–H groups in total. The molecule has 0 aliphatic carbocycles. The maximum Gasteiger partial charge on any atom is 0.321 e. The minimum absolute atomic E-state index is 0.348. The van der Waals surface area contributed by atoms with E-state index in [4.69, 9.17) is 0 Å². The summed E-state index contributed by atoms with van der Waals surface area (Å²) in [6.07, 6.45) is 0. The molecule has 0 bridgehead atoms. The Morgan fingerprint density at radius 3 is 2.42 bits per heavy atom. The lowest BCUT2D eigenvalue weighted by Gasteiger charge is -2.20. The van der Waals surface area contributed by atoms with Crippen LogP contribution in [0.15, 0.2) is 4.34 Å². The number of aryl methyl sites for hydroxylation is 1. The third-order valence-corrected chi connectivity index (χ3v) is 3.90. The van der Waals surface area contributed by atoms with Crippen LogP contribution in [0, 0.1) is 6.92 Å². The molecule has 19 heavy (non-hydrogen) atoms. The molecular formula is C11H18N4O2S2. The van der Waals surface area contributed by atoms with Crippen LogP contribution >= 0.6 is 23.1 Å². The zero-order valence-electron chi connectivity index (χ0n) is 11.6. The number of imide groups is 1. The van der Waals surface area contributed by atoms with Crippen LogP contribution in [0.3, 0.4) is 0 Å². The number of rotatable bonds is 3. The van der Waals surface area contributed by atoms with Gasteiger partial charge in [-0.25, -0.2) is 4.79 Å². The first-order chi connectivity index (χ1) is 8.67. The first-order valence-electron chi connectivity index (χ1n) is 5.77. The molecule has 0 radical (unpaired) electrons. The number of thioether (sulfide) groups is 1. The van der Waals surface area contributed by atoms with Crippen molar-refractivity contribution >= 4 is 35.0 Å². The van der Waals surface area contributed by atoms with E-state index in [1.165, 1.54) is 23.1 Å². The molecule has 1 rings (SSSR count). The van der Waals surface area contributed by atoms with Gasteiger partial charge < -0.3 is 5.32 Å². The van der Waals surface area contributed by atoms with Gasteiger partial charge in [0.05, 0.1) is 5.25 Å². The van der Waals surface area contributed by atoms with Crippen LogP contribution in [-0.2, 0) is 4.79 Å². The number of nitrogens with one attached hydrogen (secondary N) is 2. The van der Waals surface area contributed by atoms with Crippen LogP contribution in [0.25, 0.3) is 0 Å². The average molecular weight is 302 g/mol. The number of carbonyl (C=O) groups excluding carboxylic acids is 2. The lowest BCUT2D eigenvalue weighted by molar-refractivity contribution is -0.119. The second kappa shape index (κ2) is 6.33. The lowest BCUT2D eigenvalue weighted by Crippen LogP contribution is -2.49. The van der Waals surface area contributed by atoms with E-state index in [2.05, 4.69) is 20.8 Å². The second-order valence-corrected chi connectivity index (χ2v) is 7.81. The topological polar surface area (TPSA) is 84.0 Å². The molecule has 106 valence electrons. The Morgan fingerprint density at radius 2 is 1.95 bits per heavy atom. The van der Waals surface area contributed by atoms with Gasteiger partial charge in [-0.05, 0) is 34.6 Å². The van der Waals surface area contributed by atoms with Gasteiger partial charge in [0.15, 0.2) is 4.34 Å². The summed E-state index contributed by atoms with van der Waals surface area (Å²) < 4.78 is 0.719. The molecular weight excluding hydrogens is 284 g/mol. The predicted molar refractivity (Wildman–Crippen MR) is 76.4 cm³/mol. The lowest BCUT2D eigenvalue weighted by atomic mass is 10.1. The van der Waals surface area contributed by atoms with E-state index in [0.29, 0.717) is 0 Å². The standard InChI is InChI=1S/C11H18N4O2S2/c1-6(18-10-15-14-7(2)19-10)8(16)12-9(17)13-11(3,4)5/h6H,1-5H3,(H2,12,13,16,17). The van der Waals surface area contributed by atoms with Crippen molar-refractivity contribution in [2.45, 2.75) is 49.7 Å². The monoisotopic (exact) mass is 302 g/mol. The van der Waals surface area contributed by atoms with Crippen LogP contribution in [0.5, 0.6) is 0 Å². The summed E-state index contributed by atoms with van der Waals surface area (Å²) in [7, 11) is 0.